The number of rotatable bonds is 7. The molecule has 0 N–H and O–H groups in total. The number of amides is 1. The summed E-state index contributed by atoms with van der Waals surface area (Å²) in [5.74, 6) is 1.29. The summed E-state index contributed by atoms with van der Waals surface area (Å²) >= 11 is 0. The second kappa shape index (κ2) is 8.42. The van der Waals surface area contributed by atoms with Crippen LogP contribution in [-0.4, -0.2) is 43.4 Å². The normalized spacial score (nSPS) is 24.4. The van der Waals surface area contributed by atoms with Crippen molar-refractivity contribution in [3.05, 3.63) is 65.2 Å². The lowest BCUT2D eigenvalue weighted by Crippen LogP contribution is -2.41. The van der Waals surface area contributed by atoms with Gasteiger partial charge < -0.3 is 9.64 Å². The van der Waals surface area contributed by atoms with Crippen LogP contribution in [0, 0.1) is 12.8 Å². The maximum absolute atomic E-state index is 13.4. The summed E-state index contributed by atoms with van der Waals surface area (Å²) in [4.78, 5) is 15.3. The molecule has 160 valence electrons. The molecule has 0 bridgehead atoms. The lowest BCUT2D eigenvalue weighted by Gasteiger charge is -2.29. The van der Waals surface area contributed by atoms with Gasteiger partial charge in [-0.25, -0.2) is 8.42 Å². The van der Waals surface area contributed by atoms with E-state index in [9.17, 15) is 13.2 Å². The Bertz CT molecular complexity index is 999. The smallest absolute Gasteiger partial charge is 0.226 e. The first-order chi connectivity index (χ1) is 14.4. The molecule has 2 aromatic carbocycles. The van der Waals surface area contributed by atoms with Gasteiger partial charge in [-0.3, -0.25) is 4.79 Å². The number of nitrogens with zero attached hydrogens (tertiary/aromatic N) is 1. The molecule has 5 nitrogen and oxygen atoms in total. The van der Waals surface area contributed by atoms with Gasteiger partial charge in [-0.2, -0.15) is 0 Å². The van der Waals surface area contributed by atoms with Gasteiger partial charge in [0.2, 0.25) is 5.91 Å². The Hall–Kier alpha value is -2.34. The molecule has 0 aromatic heterocycles. The van der Waals surface area contributed by atoms with Crippen LogP contribution in [0.15, 0.2) is 48.5 Å². The van der Waals surface area contributed by atoms with E-state index in [0.717, 1.165) is 28.9 Å². The molecule has 3 unspecified atom stereocenters. The molecule has 4 rings (SSSR count). The van der Waals surface area contributed by atoms with Gasteiger partial charge in [-0.1, -0.05) is 42.0 Å². The first kappa shape index (κ1) is 20.9. The first-order valence-corrected chi connectivity index (χ1v) is 12.5. The van der Waals surface area contributed by atoms with Crippen molar-refractivity contribution < 1.29 is 17.9 Å². The number of sulfone groups is 1. The topological polar surface area (TPSA) is 63.7 Å². The highest BCUT2D eigenvalue weighted by atomic mass is 32.2. The van der Waals surface area contributed by atoms with Crippen LogP contribution in [0.5, 0.6) is 5.75 Å². The molecule has 0 radical (unpaired) electrons. The fraction of sp³-hybridized carbons (Fsp3) is 0.458. The predicted octanol–water partition coefficient (Wildman–Crippen LogP) is 3.71. The summed E-state index contributed by atoms with van der Waals surface area (Å²) in [5.41, 5.74) is 3.35. The van der Waals surface area contributed by atoms with Crippen LogP contribution in [0.2, 0.25) is 0 Å². The highest BCUT2D eigenvalue weighted by molar-refractivity contribution is 7.91. The van der Waals surface area contributed by atoms with E-state index in [1.165, 1.54) is 0 Å². The van der Waals surface area contributed by atoms with Crippen molar-refractivity contribution in [2.24, 2.45) is 5.92 Å². The lowest BCUT2D eigenvalue weighted by molar-refractivity contribution is -0.135. The van der Waals surface area contributed by atoms with Gasteiger partial charge in [0.1, 0.15) is 5.75 Å². The molecule has 2 fully saturated rings. The Morgan fingerprint density at radius 3 is 2.40 bits per heavy atom. The van der Waals surface area contributed by atoms with E-state index in [1.807, 2.05) is 67.3 Å². The van der Waals surface area contributed by atoms with Gasteiger partial charge in [0.15, 0.2) is 9.84 Å². The third-order valence-corrected chi connectivity index (χ3v) is 7.88. The molecular formula is C24H29NO4S. The van der Waals surface area contributed by atoms with Crippen LogP contribution in [0.25, 0.3) is 0 Å². The molecule has 1 saturated heterocycles. The largest absolute Gasteiger partial charge is 0.494 e. The van der Waals surface area contributed by atoms with Crippen molar-refractivity contribution in [1.29, 1.82) is 0 Å². The number of carbonyl (C=O) groups excluding carboxylic acids is 1. The standard InChI is InChI=1S/C24H29NO4S/c1-3-29-21-10-8-19(9-11-21)22-14-23(22)24(26)25(20-12-13-30(27,28)16-20)15-18-6-4-17(2)5-7-18/h4-11,20,22-23H,3,12-16H2,1-2H3. The maximum atomic E-state index is 13.4. The Morgan fingerprint density at radius 2 is 1.80 bits per heavy atom. The number of carbonyl (C=O) groups is 1. The summed E-state index contributed by atoms with van der Waals surface area (Å²) in [7, 11) is -3.06. The van der Waals surface area contributed by atoms with Crippen molar-refractivity contribution >= 4 is 15.7 Å². The first-order valence-electron chi connectivity index (χ1n) is 10.7. The average Bonchev–Trinajstić information content (AvgIpc) is 3.44. The lowest BCUT2D eigenvalue weighted by atomic mass is 10.1. The van der Waals surface area contributed by atoms with Crippen molar-refractivity contribution in [3.8, 4) is 5.75 Å². The van der Waals surface area contributed by atoms with E-state index in [2.05, 4.69) is 0 Å². The van der Waals surface area contributed by atoms with Gasteiger partial charge >= 0.3 is 0 Å². The second-order valence-corrected chi connectivity index (χ2v) is 10.7. The zero-order valence-corrected chi connectivity index (χ0v) is 18.4. The van der Waals surface area contributed by atoms with E-state index in [-0.39, 0.29) is 35.3 Å². The molecule has 2 aliphatic rings. The van der Waals surface area contributed by atoms with E-state index >= 15 is 0 Å². The second-order valence-electron chi connectivity index (χ2n) is 8.46. The van der Waals surface area contributed by atoms with Gasteiger partial charge in [-0.05, 0) is 55.9 Å². The van der Waals surface area contributed by atoms with Crippen molar-refractivity contribution in [2.45, 2.75) is 45.2 Å². The highest BCUT2D eigenvalue weighted by Gasteiger charge is 2.48. The molecule has 3 atom stereocenters. The molecule has 1 amide bonds. The predicted molar refractivity (Wildman–Crippen MR) is 117 cm³/mol. The minimum absolute atomic E-state index is 0.0725. The van der Waals surface area contributed by atoms with Crippen LogP contribution in [-0.2, 0) is 21.2 Å². The fourth-order valence-electron chi connectivity index (χ4n) is 4.33. The van der Waals surface area contributed by atoms with E-state index in [0.29, 0.717) is 19.6 Å². The number of aryl methyl sites for hydroxylation is 1. The molecule has 1 aliphatic carbocycles. The van der Waals surface area contributed by atoms with Crippen LogP contribution in [0.1, 0.15) is 42.4 Å². The zero-order valence-electron chi connectivity index (χ0n) is 17.6. The number of benzene rings is 2. The Labute approximate surface area is 179 Å². The number of hydrogen-bond acceptors (Lipinski definition) is 4. The van der Waals surface area contributed by atoms with E-state index < -0.39 is 9.84 Å². The third-order valence-electron chi connectivity index (χ3n) is 6.13. The zero-order chi connectivity index (χ0) is 21.3. The van der Waals surface area contributed by atoms with Crippen molar-refractivity contribution in [1.82, 2.24) is 4.90 Å². The average molecular weight is 428 g/mol. The molecule has 6 heteroatoms. The van der Waals surface area contributed by atoms with Crippen LogP contribution in [0.3, 0.4) is 0 Å². The Morgan fingerprint density at radius 1 is 1.10 bits per heavy atom. The Kier molecular flexibility index (Phi) is 5.87. The monoisotopic (exact) mass is 427 g/mol. The molecular weight excluding hydrogens is 398 g/mol. The van der Waals surface area contributed by atoms with Crippen LogP contribution in [0.4, 0.5) is 0 Å². The van der Waals surface area contributed by atoms with E-state index in [4.69, 9.17) is 4.74 Å². The number of hydrogen-bond donors (Lipinski definition) is 0. The molecule has 1 aliphatic heterocycles. The molecule has 1 saturated carbocycles. The molecule has 0 spiro atoms. The Balaban J connectivity index is 1.50. The highest BCUT2D eigenvalue weighted by Crippen LogP contribution is 2.49. The molecule has 1 heterocycles. The fourth-order valence-corrected chi connectivity index (χ4v) is 6.06. The molecule has 30 heavy (non-hydrogen) atoms. The quantitative estimate of drug-likeness (QED) is 0.676. The van der Waals surface area contributed by atoms with Gasteiger partial charge in [-0.15, -0.1) is 0 Å². The molecule has 2 aromatic rings. The van der Waals surface area contributed by atoms with E-state index in [1.54, 1.807) is 0 Å². The minimum Gasteiger partial charge on any atom is -0.494 e. The van der Waals surface area contributed by atoms with Gasteiger partial charge in [0, 0.05) is 18.5 Å². The summed E-state index contributed by atoms with van der Waals surface area (Å²) in [5, 5.41) is 0. The van der Waals surface area contributed by atoms with Crippen molar-refractivity contribution in [2.75, 3.05) is 18.1 Å². The summed E-state index contributed by atoms with van der Waals surface area (Å²) < 4.78 is 29.6. The summed E-state index contributed by atoms with van der Waals surface area (Å²) in [6, 6.07) is 15.8. The van der Waals surface area contributed by atoms with Crippen LogP contribution < -0.4 is 4.74 Å². The van der Waals surface area contributed by atoms with Gasteiger partial charge in [0.25, 0.3) is 0 Å². The van der Waals surface area contributed by atoms with Crippen LogP contribution >= 0.6 is 0 Å². The summed E-state index contributed by atoms with van der Waals surface area (Å²) in [6.07, 6.45) is 1.34. The minimum atomic E-state index is -3.06. The summed E-state index contributed by atoms with van der Waals surface area (Å²) in [6.45, 7) is 5.07. The van der Waals surface area contributed by atoms with Gasteiger partial charge in [0.05, 0.1) is 18.1 Å². The number of ether oxygens (including phenoxy) is 1. The third kappa shape index (κ3) is 4.69. The van der Waals surface area contributed by atoms with Crippen molar-refractivity contribution in [3.63, 3.8) is 0 Å². The SMILES string of the molecule is CCOc1ccc(C2CC2C(=O)N(Cc2ccc(C)cc2)C2CCS(=O)(=O)C2)cc1. The maximum Gasteiger partial charge on any atom is 0.226 e.